The summed E-state index contributed by atoms with van der Waals surface area (Å²) in [6.45, 7) is 5.96. The fourth-order valence-electron chi connectivity index (χ4n) is 2.98. The molecule has 0 radical (unpaired) electrons. The molecule has 0 aliphatic rings. The van der Waals surface area contributed by atoms with E-state index in [1.54, 1.807) is 12.3 Å². The zero-order valence-electron chi connectivity index (χ0n) is 15.7. The first-order chi connectivity index (χ1) is 13.5. The van der Waals surface area contributed by atoms with Crippen LogP contribution in [0.15, 0.2) is 61.2 Å². The van der Waals surface area contributed by atoms with Crippen molar-refractivity contribution in [2.75, 3.05) is 23.3 Å². The van der Waals surface area contributed by atoms with E-state index in [9.17, 15) is 14.9 Å². The Labute approximate surface area is 162 Å². The molecule has 144 valence electrons. The Morgan fingerprint density at radius 1 is 1.18 bits per heavy atom. The number of imidazole rings is 1. The van der Waals surface area contributed by atoms with Crippen molar-refractivity contribution in [3.8, 4) is 5.69 Å². The molecule has 0 fully saturated rings. The smallest absolute Gasteiger partial charge is 0.294 e. The summed E-state index contributed by atoms with van der Waals surface area (Å²) in [7, 11) is 0. The van der Waals surface area contributed by atoms with E-state index in [1.165, 1.54) is 29.2 Å². The molecule has 1 aromatic heterocycles. The quantitative estimate of drug-likeness (QED) is 0.497. The van der Waals surface area contributed by atoms with Gasteiger partial charge in [-0.05, 0) is 50.2 Å². The zero-order valence-corrected chi connectivity index (χ0v) is 15.7. The zero-order chi connectivity index (χ0) is 20.1. The minimum absolute atomic E-state index is 0.164. The third kappa shape index (κ3) is 4.01. The molecular formula is C20H21N5O3. The van der Waals surface area contributed by atoms with Crippen molar-refractivity contribution < 1.29 is 9.72 Å². The summed E-state index contributed by atoms with van der Waals surface area (Å²) in [5.41, 5.74) is 2.10. The predicted octanol–water partition coefficient (Wildman–Crippen LogP) is 3.88. The lowest BCUT2D eigenvalue weighted by Gasteiger charge is -2.21. The first kappa shape index (κ1) is 19.1. The van der Waals surface area contributed by atoms with Crippen molar-refractivity contribution in [3.63, 3.8) is 0 Å². The van der Waals surface area contributed by atoms with Gasteiger partial charge in [-0.25, -0.2) is 4.98 Å². The minimum Gasteiger partial charge on any atom is -0.372 e. The van der Waals surface area contributed by atoms with Gasteiger partial charge in [0.1, 0.15) is 5.69 Å². The summed E-state index contributed by atoms with van der Waals surface area (Å²) in [6.07, 6.45) is 4.62. The van der Waals surface area contributed by atoms with Crippen molar-refractivity contribution in [2.24, 2.45) is 0 Å². The maximum absolute atomic E-state index is 12.6. The molecule has 3 aromatic rings. The molecule has 0 atom stereocenters. The monoisotopic (exact) mass is 379 g/mol. The Bertz CT molecular complexity index is 964. The highest BCUT2D eigenvalue weighted by atomic mass is 16.6. The predicted molar refractivity (Wildman–Crippen MR) is 108 cm³/mol. The number of nitro benzene ring substituents is 1. The molecule has 0 saturated heterocycles. The van der Waals surface area contributed by atoms with E-state index >= 15 is 0 Å². The second kappa shape index (κ2) is 8.34. The van der Waals surface area contributed by atoms with E-state index in [0.717, 1.165) is 18.8 Å². The molecule has 1 heterocycles. The number of hydrogen-bond acceptors (Lipinski definition) is 5. The van der Waals surface area contributed by atoms with Crippen LogP contribution in [0.5, 0.6) is 0 Å². The molecule has 3 rings (SSSR count). The van der Waals surface area contributed by atoms with Crippen LogP contribution in [0.3, 0.4) is 0 Å². The van der Waals surface area contributed by atoms with E-state index in [1.807, 2.05) is 24.3 Å². The average Bonchev–Trinajstić information content (AvgIpc) is 3.24. The molecule has 1 amide bonds. The number of carbonyl (C=O) groups is 1. The van der Waals surface area contributed by atoms with Crippen molar-refractivity contribution in [1.29, 1.82) is 0 Å². The van der Waals surface area contributed by atoms with E-state index in [0.29, 0.717) is 11.4 Å². The minimum atomic E-state index is -0.509. The number of nitrogens with one attached hydrogen (secondary N) is 1. The number of rotatable bonds is 7. The van der Waals surface area contributed by atoms with E-state index < -0.39 is 10.8 Å². The van der Waals surface area contributed by atoms with Gasteiger partial charge < -0.3 is 14.8 Å². The lowest BCUT2D eigenvalue weighted by molar-refractivity contribution is -0.384. The number of amides is 1. The number of nitro groups is 1. The van der Waals surface area contributed by atoms with Crippen LogP contribution < -0.4 is 10.2 Å². The molecule has 28 heavy (non-hydrogen) atoms. The topological polar surface area (TPSA) is 93.3 Å². The molecule has 0 aliphatic carbocycles. The van der Waals surface area contributed by atoms with E-state index in [-0.39, 0.29) is 11.3 Å². The van der Waals surface area contributed by atoms with Gasteiger partial charge >= 0.3 is 0 Å². The largest absolute Gasteiger partial charge is 0.372 e. The summed E-state index contributed by atoms with van der Waals surface area (Å²) in [6, 6.07) is 11.9. The lowest BCUT2D eigenvalue weighted by atomic mass is 10.1. The fraction of sp³-hybridized carbons (Fsp3) is 0.200. The van der Waals surface area contributed by atoms with Crippen molar-refractivity contribution >= 4 is 23.0 Å². The fourth-order valence-corrected chi connectivity index (χ4v) is 2.98. The van der Waals surface area contributed by atoms with Crippen LogP contribution in [0.1, 0.15) is 24.2 Å². The second-order valence-corrected chi connectivity index (χ2v) is 6.10. The Morgan fingerprint density at radius 3 is 2.46 bits per heavy atom. The van der Waals surface area contributed by atoms with Crippen LogP contribution in [0, 0.1) is 10.1 Å². The van der Waals surface area contributed by atoms with Gasteiger partial charge in [0.15, 0.2) is 0 Å². The Balaban J connectivity index is 1.81. The maximum atomic E-state index is 12.6. The SMILES string of the molecule is CCN(CC)c1ccc(NC(=O)c2ccc(-n3ccnc3)c([N+](=O)[O-])c2)cc1. The molecule has 0 aliphatic heterocycles. The number of aromatic nitrogens is 2. The van der Waals surface area contributed by atoms with Crippen LogP contribution >= 0.6 is 0 Å². The molecule has 0 bridgehead atoms. The van der Waals surface area contributed by atoms with Crippen LogP contribution in [0.2, 0.25) is 0 Å². The normalized spacial score (nSPS) is 10.5. The Kier molecular flexibility index (Phi) is 5.69. The number of nitrogens with zero attached hydrogens (tertiary/aromatic N) is 4. The highest BCUT2D eigenvalue weighted by Gasteiger charge is 2.19. The van der Waals surface area contributed by atoms with Gasteiger partial charge in [0.05, 0.1) is 11.3 Å². The van der Waals surface area contributed by atoms with E-state index in [2.05, 4.69) is 29.0 Å². The van der Waals surface area contributed by atoms with Gasteiger partial charge in [-0.3, -0.25) is 14.9 Å². The van der Waals surface area contributed by atoms with Gasteiger partial charge in [-0.15, -0.1) is 0 Å². The third-order valence-electron chi connectivity index (χ3n) is 4.47. The standard InChI is InChI=1S/C20H21N5O3/c1-3-23(4-2)17-8-6-16(7-9-17)22-20(26)15-5-10-18(19(13-15)25(27)28)24-12-11-21-14-24/h5-14H,3-4H2,1-2H3,(H,22,26). The number of carbonyl (C=O) groups excluding carboxylic acids is 1. The molecule has 0 unspecified atom stereocenters. The van der Waals surface area contributed by atoms with Gasteiger partial charge in [-0.2, -0.15) is 0 Å². The number of anilines is 2. The molecule has 2 aromatic carbocycles. The van der Waals surface area contributed by atoms with Gasteiger partial charge in [-0.1, -0.05) is 0 Å². The molecular weight excluding hydrogens is 358 g/mol. The first-order valence-corrected chi connectivity index (χ1v) is 8.96. The van der Waals surface area contributed by atoms with Gasteiger partial charge in [0.25, 0.3) is 11.6 Å². The molecule has 8 nitrogen and oxygen atoms in total. The maximum Gasteiger partial charge on any atom is 0.294 e. The molecule has 0 saturated carbocycles. The van der Waals surface area contributed by atoms with Crippen LogP contribution in [0.4, 0.5) is 17.1 Å². The van der Waals surface area contributed by atoms with Gasteiger partial charge in [0.2, 0.25) is 0 Å². The van der Waals surface area contributed by atoms with Crippen LogP contribution in [0.25, 0.3) is 5.69 Å². The number of hydrogen-bond donors (Lipinski definition) is 1. The summed E-state index contributed by atoms with van der Waals surface area (Å²) in [5.74, 6) is -0.407. The van der Waals surface area contributed by atoms with Gasteiger partial charge in [0, 0.05) is 48.5 Å². The van der Waals surface area contributed by atoms with Crippen LogP contribution in [-0.4, -0.2) is 33.5 Å². The molecule has 8 heteroatoms. The Morgan fingerprint density at radius 2 is 1.89 bits per heavy atom. The summed E-state index contributed by atoms with van der Waals surface area (Å²) in [4.78, 5) is 29.6. The lowest BCUT2D eigenvalue weighted by Crippen LogP contribution is -2.21. The first-order valence-electron chi connectivity index (χ1n) is 8.96. The molecule has 0 spiro atoms. The van der Waals surface area contributed by atoms with E-state index in [4.69, 9.17) is 0 Å². The van der Waals surface area contributed by atoms with Crippen molar-refractivity contribution in [3.05, 3.63) is 76.9 Å². The van der Waals surface area contributed by atoms with Crippen molar-refractivity contribution in [1.82, 2.24) is 9.55 Å². The summed E-state index contributed by atoms with van der Waals surface area (Å²) >= 11 is 0. The summed E-state index contributed by atoms with van der Waals surface area (Å²) in [5, 5.41) is 14.2. The van der Waals surface area contributed by atoms with Crippen LogP contribution in [-0.2, 0) is 0 Å². The third-order valence-corrected chi connectivity index (χ3v) is 4.47. The summed E-state index contributed by atoms with van der Waals surface area (Å²) < 4.78 is 1.53. The average molecular weight is 379 g/mol. The van der Waals surface area contributed by atoms with Crippen molar-refractivity contribution in [2.45, 2.75) is 13.8 Å². The number of benzene rings is 2. The second-order valence-electron chi connectivity index (χ2n) is 6.10. The highest BCUT2D eigenvalue weighted by molar-refractivity contribution is 6.05. The Hall–Kier alpha value is -3.68. The molecule has 1 N–H and O–H groups in total. The highest BCUT2D eigenvalue weighted by Crippen LogP contribution is 2.25.